The maximum absolute atomic E-state index is 5.40. The summed E-state index contributed by atoms with van der Waals surface area (Å²) in [4.78, 5) is 14.2. The maximum atomic E-state index is 5.40. The summed E-state index contributed by atoms with van der Waals surface area (Å²) in [6.07, 6.45) is 5.63. The van der Waals surface area contributed by atoms with E-state index in [0.717, 1.165) is 31.9 Å². The van der Waals surface area contributed by atoms with Gasteiger partial charge in [-0.25, -0.2) is 4.99 Å². The number of aliphatic imine (C=N–C) groups is 1. The molecule has 1 aromatic rings. The second kappa shape index (κ2) is 7.97. The smallest absolute Gasteiger partial charge is 0.201 e. The van der Waals surface area contributed by atoms with Crippen LogP contribution in [0.5, 0.6) is 0 Å². The Kier molecular flexibility index (Phi) is 5.95. The molecule has 0 radical (unpaired) electrons. The van der Waals surface area contributed by atoms with E-state index in [4.69, 9.17) is 4.84 Å². The minimum Gasteiger partial charge on any atom is -0.394 e. The monoisotopic (exact) mass is 276 g/mol. The van der Waals surface area contributed by atoms with Crippen LogP contribution in [0.2, 0.25) is 0 Å². The van der Waals surface area contributed by atoms with E-state index < -0.39 is 0 Å². The first-order valence-electron chi connectivity index (χ1n) is 7.44. The normalized spacial score (nSPS) is 16.9. The molecule has 0 unspecified atom stereocenters. The van der Waals surface area contributed by atoms with Crippen molar-refractivity contribution in [3.05, 3.63) is 24.0 Å². The Hall–Kier alpha value is -1.46. The Morgan fingerprint density at radius 1 is 1.35 bits per heavy atom. The van der Waals surface area contributed by atoms with Gasteiger partial charge in [-0.1, -0.05) is 0 Å². The largest absolute Gasteiger partial charge is 0.394 e. The molecule has 2 rings (SSSR count). The number of aromatic nitrogens is 1. The SMILES string of the molecule is CCN(CC)OC=Nc1ccc(C2CCNCC2)nc1. The van der Waals surface area contributed by atoms with E-state index >= 15 is 0 Å². The van der Waals surface area contributed by atoms with Crippen LogP contribution in [0.15, 0.2) is 23.3 Å². The van der Waals surface area contributed by atoms with E-state index in [9.17, 15) is 0 Å². The Labute approximate surface area is 121 Å². The number of pyridine rings is 1. The summed E-state index contributed by atoms with van der Waals surface area (Å²) in [6.45, 7) is 7.96. The predicted molar refractivity (Wildman–Crippen MR) is 81.2 cm³/mol. The van der Waals surface area contributed by atoms with E-state index in [1.807, 2.05) is 31.2 Å². The van der Waals surface area contributed by atoms with Crippen LogP contribution in [0.1, 0.15) is 38.3 Å². The zero-order valence-corrected chi connectivity index (χ0v) is 12.4. The molecule has 2 heterocycles. The number of hydrogen-bond donors (Lipinski definition) is 1. The average molecular weight is 276 g/mol. The molecule has 0 atom stereocenters. The van der Waals surface area contributed by atoms with Gasteiger partial charge in [-0.05, 0) is 51.9 Å². The zero-order chi connectivity index (χ0) is 14.2. The highest BCUT2D eigenvalue weighted by atomic mass is 16.7. The summed E-state index contributed by atoms with van der Waals surface area (Å²) < 4.78 is 0. The maximum Gasteiger partial charge on any atom is 0.201 e. The quantitative estimate of drug-likeness (QED) is 0.493. The fourth-order valence-electron chi connectivity index (χ4n) is 2.36. The molecule has 0 bridgehead atoms. The van der Waals surface area contributed by atoms with Gasteiger partial charge in [-0.3, -0.25) is 4.98 Å². The molecule has 0 spiro atoms. The molecule has 0 aliphatic carbocycles. The molecule has 1 aromatic heterocycles. The number of nitrogens with one attached hydrogen (secondary N) is 1. The first-order valence-corrected chi connectivity index (χ1v) is 7.44. The van der Waals surface area contributed by atoms with Crippen molar-refractivity contribution in [2.24, 2.45) is 4.99 Å². The minimum atomic E-state index is 0.584. The van der Waals surface area contributed by atoms with Crippen molar-refractivity contribution in [1.82, 2.24) is 15.4 Å². The van der Waals surface area contributed by atoms with Crippen LogP contribution < -0.4 is 5.32 Å². The van der Waals surface area contributed by atoms with Gasteiger partial charge < -0.3 is 10.2 Å². The lowest BCUT2D eigenvalue weighted by molar-refractivity contribution is -0.0561. The molecular weight excluding hydrogens is 252 g/mol. The van der Waals surface area contributed by atoms with Gasteiger partial charge in [0.1, 0.15) is 0 Å². The summed E-state index contributed by atoms with van der Waals surface area (Å²) >= 11 is 0. The van der Waals surface area contributed by atoms with Crippen molar-refractivity contribution < 1.29 is 4.84 Å². The van der Waals surface area contributed by atoms with E-state index in [0.29, 0.717) is 5.92 Å². The molecule has 0 saturated carbocycles. The second-order valence-electron chi connectivity index (χ2n) is 4.92. The molecule has 1 aliphatic rings. The Bertz CT molecular complexity index is 408. The fraction of sp³-hybridized carbons (Fsp3) is 0.600. The van der Waals surface area contributed by atoms with Gasteiger partial charge in [0, 0.05) is 24.7 Å². The van der Waals surface area contributed by atoms with Crippen LogP contribution in [-0.4, -0.2) is 42.6 Å². The van der Waals surface area contributed by atoms with Gasteiger partial charge in [0.2, 0.25) is 6.40 Å². The zero-order valence-electron chi connectivity index (χ0n) is 12.4. The van der Waals surface area contributed by atoms with Crippen LogP contribution >= 0.6 is 0 Å². The Morgan fingerprint density at radius 2 is 2.10 bits per heavy atom. The van der Waals surface area contributed by atoms with Crippen molar-refractivity contribution in [3.8, 4) is 0 Å². The second-order valence-corrected chi connectivity index (χ2v) is 4.92. The average Bonchev–Trinajstić information content (AvgIpc) is 2.53. The number of hydroxylamine groups is 2. The highest BCUT2D eigenvalue weighted by molar-refractivity contribution is 5.54. The Balaban J connectivity index is 1.89. The molecule has 1 saturated heterocycles. The molecule has 20 heavy (non-hydrogen) atoms. The number of piperidine rings is 1. The molecule has 1 fully saturated rings. The Morgan fingerprint density at radius 3 is 2.70 bits per heavy atom. The van der Waals surface area contributed by atoms with Gasteiger partial charge in [-0.2, -0.15) is 0 Å². The number of hydrogen-bond acceptors (Lipinski definition) is 5. The highest BCUT2D eigenvalue weighted by Gasteiger charge is 2.15. The van der Waals surface area contributed by atoms with E-state index in [1.165, 1.54) is 24.9 Å². The van der Waals surface area contributed by atoms with E-state index in [1.54, 1.807) is 0 Å². The third-order valence-corrected chi connectivity index (χ3v) is 3.63. The van der Waals surface area contributed by atoms with Gasteiger partial charge >= 0.3 is 0 Å². The number of rotatable bonds is 6. The standard InChI is InChI=1S/C15H24N4O/c1-3-19(4-2)20-12-18-14-5-6-15(17-11-14)13-7-9-16-10-8-13/h5-6,11-13,16H,3-4,7-10H2,1-2H3. The highest BCUT2D eigenvalue weighted by Crippen LogP contribution is 2.24. The summed E-state index contributed by atoms with van der Waals surface area (Å²) in [5.41, 5.74) is 2.00. The molecular formula is C15H24N4O. The van der Waals surface area contributed by atoms with Gasteiger partial charge in [-0.15, -0.1) is 5.06 Å². The van der Waals surface area contributed by atoms with Crippen LogP contribution in [0.3, 0.4) is 0 Å². The lowest BCUT2D eigenvalue weighted by Crippen LogP contribution is -2.26. The van der Waals surface area contributed by atoms with Crippen molar-refractivity contribution >= 4 is 12.1 Å². The molecule has 0 aromatic carbocycles. The van der Waals surface area contributed by atoms with E-state index in [-0.39, 0.29) is 0 Å². The first kappa shape index (κ1) is 14.9. The lowest BCUT2D eigenvalue weighted by Gasteiger charge is -2.21. The third kappa shape index (κ3) is 4.28. The van der Waals surface area contributed by atoms with E-state index in [2.05, 4.69) is 21.4 Å². The molecule has 5 nitrogen and oxygen atoms in total. The molecule has 1 aliphatic heterocycles. The lowest BCUT2D eigenvalue weighted by atomic mass is 9.94. The number of nitrogens with zero attached hydrogens (tertiary/aromatic N) is 3. The van der Waals surface area contributed by atoms with Crippen molar-refractivity contribution in [2.75, 3.05) is 26.2 Å². The summed E-state index contributed by atoms with van der Waals surface area (Å²) in [7, 11) is 0. The van der Waals surface area contributed by atoms with Gasteiger partial charge in [0.15, 0.2) is 0 Å². The predicted octanol–water partition coefficient (Wildman–Crippen LogP) is 2.48. The minimum absolute atomic E-state index is 0.584. The van der Waals surface area contributed by atoms with Crippen LogP contribution in [0.4, 0.5) is 5.69 Å². The molecule has 5 heteroatoms. The van der Waals surface area contributed by atoms with Gasteiger partial charge in [0.25, 0.3) is 0 Å². The molecule has 0 amide bonds. The van der Waals surface area contributed by atoms with Crippen LogP contribution in [0, 0.1) is 0 Å². The van der Waals surface area contributed by atoms with Crippen molar-refractivity contribution in [3.63, 3.8) is 0 Å². The van der Waals surface area contributed by atoms with Crippen LogP contribution in [0.25, 0.3) is 0 Å². The third-order valence-electron chi connectivity index (χ3n) is 3.63. The van der Waals surface area contributed by atoms with Crippen molar-refractivity contribution in [2.45, 2.75) is 32.6 Å². The summed E-state index contributed by atoms with van der Waals surface area (Å²) in [6, 6.07) is 4.09. The molecule has 1 N–H and O–H groups in total. The van der Waals surface area contributed by atoms with Gasteiger partial charge in [0.05, 0.1) is 11.9 Å². The first-order chi connectivity index (χ1) is 9.83. The van der Waals surface area contributed by atoms with Crippen LogP contribution in [-0.2, 0) is 4.84 Å². The summed E-state index contributed by atoms with van der Waals surface area (Å²) in [5, 5.41) is 5.21. The topological polar surface area (TPSA) is 49.8 Å². The fourth-order valence-corrected chi connectivity index (χ4v) is 2.36. The summed E-state index contributed by atoms with van der Waals surface area (Å²) in [5.74, 6) is 0.584. The van der Waals surface area contributed by atoms with Crippen molar-refractivity contribution in [1.29, 1.82) is 0 Å². The molecule has 110 valence electrons.